The monoisotopic (exact) mass is 255 g/mol. The van der Waals surface area contributed by atoms with Crippen LogP contribution in [0.5, 0.6) is 0 Å². The van der Waals surface area contributed by atoms with Gasteiger partial charge in [-0.05, 0) is 18.9 Å². The lowest BCUT2D eigenvalue weighted by atomic mass is 10.1. The van der Waals surface area contributed by atoms with Gasteiger partial charge >= 0.3 is 0 Å². The zero-order valence-corrected chi connectivity index (χ0v) is 9.90. The fourth-order valence-corrected chi connectivity index (χ4v) is 2.14. The number of carbonyl (C=O) groups excluding carboxylic acids is 1. The second kappa shape index (κ2) is 5.44. The Kier molecular flexibility index (Phi) is 3.91. The van der Waals surface area contributed by atoms with E-state index in [1.54, 1.807) is 0 Å². The van der Waals surface area contributed by atoms with E-state index in [0.29, 0.717) is 13.0 Å². The van der Waals surface area contributed by atoms with Gasteiger partial charge in [-0.25, -0.2) is 8.78 Å². The van der Waals surface area contributed by atoms with Crippen molar-refractivity contribution in [3.05, 3.63) is 35.4 Å². The molecule has 5 heteroatoms. The van der Waals surface area contributed by atoms with Crippen molar-refractivity contribution in [1.29, 1.82) is 0 Å². The van der Waals surface area contributed by atoms with E-state index in [-0.39, 0.29) is 18.0 Å². The molecule has 0 bridgehead atoms. The van der Waals surface area contributed by atoms with E-state index < -0.39 is 17.7 Å². The van der Waals surface area contributed by atoms with Crippen molar-refractivity contribution in [2.45, 2.75) is 25.4 Å². The highest BCUT2D eigenvalue weighted by atomic mass is 19.2. The van der Waals surface area contributed by atoms with Crippen LogP contribution in [0.25, 0.3) is 0 Å². The molecule has 1 fully saturated rings. The number of hydrogen-bond donors (Lipinski definition) is 1. The van der Waals surface area contributed by atoms with Gasteiger partial charge in [-0.1, -0.05) is 12.1 Å². The molecular weight excluding hydrogens is 240 g/mol. The smallest absolute Gasteiger partial charge is 0.222 e. The summed E-state index contributed by atoms with van der Waals surface area (Å²) in [6.45, 7) is 0.575. The van der Waals surface area contributed by atoms with Gasteiger partial charge in [-0.3, -0.25) is 4.79 Å². The summed E-state index contributed by atoms with van der Waals surface area (Å²) in [5, 5.41) is 9.90. The minimum Gasteiger partial charge on any atom is -0.386 e. The summed E-state index contributed by atoms with van der Waals surface area (Å²) < 4.78 is 26.5. The van der Waals surface area contributed by atoms with Crippen LogP contribution >= 0.6 is 0 Å². The largest absolute Gasteiger partial charge is 0.386 e. The van der Waals surface area contributed by atoms with Crippen LogP contribution in [0.15, 0.2) is 18.2 Å². The van der Waals surface area contributed by atoms with Crippen LogP contribution in [0.1, 0.15) is 30.9 Å². The van der Waals surface area contributed by atoms with E-state index in [2.05, 4.69) is 0 Å². The maximum atomic E-state index is 13.5. The molecule has 0 radical (unpaired) electrons. The van der Waals surface area contributed by atoms with Crippen molar-refractivity contribution in [2.24, 2.45) is 0 Å². The summed E-state index contributed by atoms with van der Waals surface area (Å²) in [5.41, 5.74) is -0.103. The predicted octanol–water partition coefficient (Wildman–Crippen LogP) is 2.01. The fraction of sp³-hybridized carbons (Fsp3) is 0.462. The zero-order chi connectivity index (χ0) is 13.1. The maximum Gasteiger partial charge on any atom is 0.222 e. The number of piperidine rings is 1. The Labute approximate surface area is 104 Å². The van der Waals surface area contributed by atoms with Gasteiger partial charge in [-0.15, -0.1) is 0 Å². The van der Waals surface area contributed by atoms with Crippen molar-refractivity contribution in [1.82, 2.24) is 4.90 Å². The van der Waals surface area contributed by atoms with Crippen molar-refractivity contribution >= 4 is 5.91 Å². The number of aliphatic hydroxyl groups is 1. The van der Waals surface area contributed by atoms with E-state index in [9.17, 15) is 18.7 Å². The van der Waals surface area contributed by atoms with E-state index >= 15 is 0 Å². The zero-order valence-electron chi connectivity index (χ0n) is 9.90. The Balaban J connectivity index is 2.09. The summed E-state index contributed by atoms with van der Waals surface area (Å²) >= 11 is 0. The number of benzene rings is 1. The number of likely N-dealkylation sites (tertiary alicyclic amines) is 1. The minimum absolute atomic E-state index is 0.0131. The topological polar surface area (TPSA) is 40.5 Å². The first kappa shape index (κ1) is 13.0. The second-order valence-corrected chi connectivity index (χ2v) is 4.46. The first-order chi connectivity index (χ1) is 8.59. The number of rotatable bonds is 3. The lowest BCUT2D eigenvalue weighted by Crippen LogP contribution is -2.38. The number of carbonyl (C=O) groups is 1. The Hall–Kier alpha value is -1.49. The van der Waals surface area contributed by atoms with Crippen LogP contribution in [-0.4, -0.2) is 29.0 Å². The molecule has 1 aromatic rings. The lowest BCUT2D eigenvalue weighted by Gasteiger charge is -2.29. The van der Waals surface area contributed by atoms with Crippen LogP contribution in [-0.2, 0) is 4.79 Å². The third-order valence-electron chi connectivity index (χ3n) is 3.16. The number of β-amino-alcohol motifs (C(OH)–C–C–N with tert-alkyl or cyclic N) is 1. The third kappa shape index (κ3) is 2.67. The van der Waals surface area contributed by atoms with Gasteiger partial charge in [0.2, 0.25) is 5.91 Å². The van der Waals surface area contributed by atoms with Gasteiger partial charge in [0, 0.05) is 18.5 Å². The van der Waals surface area contributed by atoms with Gasteiger partial charge in [0.05, 0.1) is 12.6 Å². The Bertz CT molecular complexity index is 451. The van der Waals surface area contributed by atoms with Crippen LogP contribution in [0, 0.1) is 11.6 Å². The molecule has 0 aliphatic carbocycles. The maximum absolute atomic E-state index is 13.5. The molecule has 0 spiro atoms. The third-order valence-corrected chi connectivity index (χ3v) is 3.16. The van der Waals surface area contributed by atoms with Crippen molar-refractivity contribution in [3.63, 3.8) is 0 Å². The van der Waals surface area contributed by atoms with Gasteiger partial charge in [0.25, 0.3) is 0 Å². The Morgan fingerprint density at radius 2 is 2.11 bits per heavy atom. The Morgan fingerprint density at radius 1 is 1.33 bits per heavy atom. The Morgan fingerprint density at radius 3 is 2.83 bits per heavy atom. The molecule has 18 heavy (non-hydrogen) atoms. The molecule has 0 saturated carbocycles. The highest BCUT2D eigenvalue weighted by Crippen LogP contribution is 2.22. The molecule has 1 aliphatic rings. The molecule has 1 unspecified atom stereocenters. The van der Waals surface area contributed by atoms with Crippen LogP contribution in [0.4, 0.5) is 8.78 Å². The average molecular weight is 255 g/mol. The molecule has 1 heterocycles. The molecule has 1 aromatic carbocycles. The van der Waals surface area contributed by atoms with E-state index in [1.165, 1.54) is 17.0 Å². The van der Waals surface area contributed by atoms with Gasteiger partial charge in [0.1, 0.15) is 0 Å². The molecule has 98 valence electrons. The average Bonchev–Trinajstić information content (AvgIpc) is 2.35. The number of hydrogen-bond acceptors (Lipinski definition) is 2. The van der Waals surface area contributed by atoms with E-state index in [0.717, 1.165) is 18.9 Å². The number of halogens is 2. The SMILES string of the molecule is O=C1CCCCN1CC(O)c1cccc(F)c1F. The molecule has 1 aliphatic heterocycles. The van der Waals surface area contributed by atoms with Crippen molar-refractivity contribution < 1.29 is 18.7 Å². The van der Waals surface area contributed by atoms with Gasteiger partial charge in [-0.2, -0.15) is 0 Å². The fourth-order valence-electron chi connectivity index (χ4n) is 2.14. The molecule has 2 rings (SSSR count). The predicted molar refractivity (Wildman–Crippen MR) is 61.7 cm³/mol. The number of aliphatic hydroxyl groups excluding tert-OH is 1. The molecular formula is C13H15F2NO2. The summed E-state index contributed by atoms with van der Waals surface area (Å²) in [4.78, 5) is 13.1. The normalized spacial score (nSPS) is 17.9. The molecule has 1 atom stereocenters. The van der Waals surface area contributed by atoms with Gasteiger partial charge < -0.3 is 10.0 Å². The molecule has 1 amide bonds. The van der Waals surface area contributed by atoms with E-state index in [1.807, 2.05) is 0 Å². The van der Waals surface area contributed by atoms with E-state index in [4.69, 9.17) is 0 Å². The van der Waals surface area contributed by atoms with Gasteiger partial charge in [0.15, 0.2) is 11.6 Å². The van der Waals surface area contributed by atoms with Crippen molar-refractivity contribution in [2.75, 3.05) is 13.1 Å². The lowest BCUT2D eigenvalue weighted by molar-refractivity contribution is -0.134. The number of amides is 1. The first-order valence-electron chi connectivity index (χ1n) is 5.99. The van der Waals surface area contributed by atoms with Crippen LogP contribution in [0.3, 0.4) is 0 Å². The number of nitrogens with zero attached hydrogens (tertiary/aromatic N) is 1. The van der Waals surface area contributed by atoms with Crippen LogP contribution < -0.4 is 0 Å². The second-order valence-electron chi connectivity index (χ2n) is 4.46. The highest BCUT2D eigenvalue weighted by Gasteiger charge is 2.23. The molecule has 3 nitrogen and oxygen atoms in total. The molecule has 1 saturated heterocycles. The highest BCUT2D eigenvalue weighted by molar-refractivity contribution is 5.76. The standard InChI is InChI=1S/C13H15F2NO2/c14-10-5-3-4-9(13(10)15)11(17)8-16-7-2-1-6-12(16)18/h3-5,11,17H,1-2,6-8H2. The molecule has 1 N–H and O–H groups in total. The quantitative estimate of drug-likeness (QED) is 0.897. The first-order valence-corrected chi connectivity index (χ1v) is 5.99. The van der Waals surface area contributed by atoms with Crippen molar-refractivity contribution in [3.8, 4) is 0 Å². The summed E-state index contributed by atoms with van der Waals surface area (Å²) in [5.74, 6) is -2.08. The summed E-state index contributed by atoms with van der Waals surface area (Å²) in [6.07, 6.45) is 0.991. The summed E-state index contributed by atoms with van der Waals surface area (Å²) in [7, 11) is 0. The minimum atomic E-state index is -1.19. The molecule has 0 aromatic heterocycles. The summed E-state index contributed by atoms with van der Waals surface area (Å²) in [6, 6.07) is 3.67. The van der Waals surface area contributed by atoms with Crippen LogP contribution in [0.2, 0.25) is 0 Å².